The lowest BCUT2D eigenvalue weighted by Gasteiger charge is -2.50. The van der Waals surface area contributed by atoms with Gasteiger partial charge in [0.15, 0.2) is 5.54 Å². The maximum atomic E-state index is 13.5. The normalized spacial score (nSPS) is 17.8. The monoisotopic (exact) mass is 533 g/mol. The summed E-state index contributed by atoms with van der Waals surface area (Å²) in [4.78, 5) is 56.3. The number of ether oxygens (including phenoxy) is 2. The highest BCUT2D eigenvalue weighted by atomic mass is 16.6. The number of carbonyl (C=O) groups excluding carboxylic acids is 4. The quantitative estimate of drug-likeness (QED) is 0.305. The van der Waals surface area contributed by atoms with Crippen molar-refractivity contribution in [1.29, 1.82) is 0 Å². The fourth-order valence-electron chi connectivity index (χ4n) is 4.97. The van der Waals surface area contributed by atoms with Crippen LogP contribution in [0, 0.1) is 0 Å². The lowest BCUT2D eigenvalue weighted by atomic mass is 9.78. The predicted molar refractivity (Wildman–Crippen MR) is 146 cm³/mol. The molecule has 2 atom stereocenters. The van der Waals surface area contributed by atoms with Gasteiger partial charge >= 0.3 is 11.9 Å². The van der Waals surface area contributed by atoms with E-state index in [-0.39, 0.29) is 38.1 Å². The molecular formula is C30H35N3O6. The summed E-state index contributed by atoms with van der Waals surface area (Å²) >= 11 is 0. The van der Waals surface area contributed by atoms with Crippen LogP contribution in [0.3, 0.4) is 0 Å². The summed E-state index contributed by atoms with van der Waals surface area (Å²) < 4.78 is 10.6. The number of hydrogen-bond acceptors (Lipinski definition) is 6. The molecule has 2 heterocycles. The molecule has 0 unspecified atom stereocenters. The Morgan fingerprint density at radius 3 is 2.44 bits per heavy atom. The summed E-state index contributed by atoms with van der Waals surface area (Å²) in [7, 11) is 1.27. The van der Waals surface area contributed by atoms with Crippen molar-refractivity contribution in [1.82, 2.24) is 15.2 Å². The number of carbonyl (C=O) groups is 4. The molecule has 0 spiro atoms. The minimum atomic E-state index is -1.23. The summed E-state index contributed by atoms with van der Waals surface area (Å²) in [6.45, 7) is 5.35. The summed E-state index contributed by atoms with van der Waals surface area (Å²) in [5.74, 6) is -1.72. The van der Waals surface area contributed by atoms with E-state index in [1.807, 2.05) is 60.8 Å². The number of para-hydroxylation sites is 1. The smallest absolute Gasteiger partial charge is 0.333 e. The highest BCUT2D eigenvalue weighted by molar-refractivity contribution is 6.00. The summed E-state index contributed by atoms with van der Waals surface area (Å²) in [5, 5.41) is 3.68. The molecule has 9 heteroatoms. The van der Waals surface area contributed by atoms with Crippen LogP contribution < -0.4 is 5.32 Å². The zero-order valence-corrected chi connectivity index (χ0v) is 22.8. The minimum absolute atomic E-state index is 0.00545. The van der Waals surface area contributed by atoms with E-state index >= 15 is 0 Å². The van der Waals surface area contributed by atoms with Gasteiger partial charge in [0.2, 0.25) is 11.8 Å². The molecule has 1 fully saturated rings. The van der Waals surface area contributed by atoms with Gasteiger partial charge in [-0.15, -0.1) is 0 Å². The Balaban J connectivity index is 1.51. The number of benzene rings is 2. The lowest BCUT2D eigenvalue weighted by Crippen LogP contribution is -2.70. The Hall–Kier alpha value is -4.14. The molecule has 206 valence electrons. The van der Waals surface area contributed by atoms with Crippen LogP contribution >= 0.6 is 0 Å². The topological polar surface area (TPSA) is 118 Å². The van der Waals surface area contributed by atoms with Crippen LogP contribution in [0.4, 0.5) is 0 Å². The molecule has 3 aromatic rings. The van der Waals surface area contributed by atoms with Gasteiger partial charge in [0.1, 0.15) is 11.6 Å². The zero-order valence-electron chi connectivity index (χ0n) is 22.8. The molecule has 0 aliphatic carbocycles. The number of esters is 2. The number of β-lactam (4-membered cyclic amide) rings is 1. The molecule has 0 bridgehead atoms. The van der Waals surface area contributed by atoms with E-state index in [0.717, 1.165) is 22.0 Å². The van der Waals surface area contributed by atoms with Crippen molar-refractivity contribution >= 4 is 34.7 Å². The Morgan fingerprint density at radius 2 is 1.77 bits per heavy atom. The van der Waals surface area contributed by atoms with Crippen molar-refractivity contribution in [3.63, 3.8) is 0 Å². The maximum absolute atomic E-state index is 13.5. The third-order valence-electron chi connectivity index (χ3n) is 6.86. The molecule has 1 aromatic heterocycles. The second-order valence-electron chi connectivity index (χ2n) is 10.9. The number of amides is 2. The molecule has 39 heavy (non-hydrogen) atoms. The molecule has 0 radical (unpaired) electrons. The van der Waals surface area contributed by atoms with Crippen molar-refractivity contribution in [2.75, 3.05) is 13.7 Å². The summed E-state index contributed by atoms with van der Waals surface area (Å²) in [6.07, 6.45) is 2.26. The molecule has 0 saturated carbocycles. The second kappa shape index (κ2) is 11.3. The van der Waals surface area contributed by atoms with Gasteiger partial charge in [-0.25, -0.2) is 9.59 Å². The van der Waals surface area contributed by atoms with Crippen molar-refractivity contribution in [2.45, 2.75) is 63.6 Å². The number of hydrogen-bond donors (Lipinski definition) is 2. The average molecular weight is 534 g/mol. The first-order valence-corrected chi connectivity index (χ1v) is 13.0. The van der Waals surface area contributed by atoms with Crippen LogP contribution in [0.5, 0.6) is 0 Å². The Morgan fingerprint density at radius 1 is 1.08 bits per heavy atom. The van der Waals surface area contributed by atoms with Crippen molar-refractivity contribution in [3.8, 4) is 0 Å². The molecule has 2 aromatic carbocycles. The fraction of sp³-hybridized carbons (Fsp3) is 0.400. The Labute approximate surface area is 227 Å². The van der Waals surface area contributed by atoms with Crippen LogP contribution in [0.2, 0.25) is 0 Å². The molecule has 1 aliphatic rings. The number of aromatic nitrogens is 1. The van der Waals surface area contributed by atoms with Gasteiger partial charge in [-0.05, 0) is 38.0 Å². The van der Waals surface area contributed by atoms with Crippen LogP contribution in [0.15, 0.2) is 60.8 Å². The molecule has 1 aliphatic heterocycles. The van der Waals surface area contributed by atoms with Gasteiger partial charge in [0, 0.05) is 42.9 Å². The Kier molecular flexibility index (Phi) is 8.09. The van der Waals surface area contributed by atoms with E-state index in [0.29, 0.717) is 0 Å². The zero-order chi connectivity index (χ0) is 28.2. The third kappa shape index (κ3) is 6.30. The first kappa shape index (κ1) is 27.9. The van der Waals surface area contributed by atoms with Crippen LogP contribution in [-0.4, -0.2) is 64.5 Å². The molecule has 2 N–H and O–H groups in total. The van der Waals surface area contributed by atoms with Gasteiger partial charge in [-0.3, -0.25) is 9.59 Å². The van der Waals surface area contributed by atoms with Crippen LogP contribution in [-0.2, 0) is 41.5 Å². The van der Waals surface area contributed by atoms with E-state index in [4.69, 9.17) is 9.47 Å². The van der Waals surface area contributed by atoms with E-state index in [1.54, 1.807) is 20.8 Å². The number of rotatable bonds is 10. The van der Waals surface area contributed by atoms with Gasteiger partial charge in [0.05, 0.1) is 13.5 Å². The highest BCUT2D eigenvalue weighted by Crippen LogP contribution is 2.39. The molecule has 2 amide bonds. The van der Waals surface area contributed by atoms with E-state index < -0.39 is 35.0 Å². The first-order chi connectivity index (χ1) is 18.5. The maximum Gasteiger partial charge on any atom is 0.333 e. The SMILES string of the molecule is COC(=O)[C@H](Cc1ccccc1)NC(=O)CCN1C(=O)C[C@@]1(Cc1c[nH]c2ccccc12)C(=O)OC(C)(C)C. The van der Waals surface area contributed by atoms with Crippen molar-refractivity contribution in [2.24, 2.45) is 0 Å². The molecular weight excluding hydrogens is 498 g/mol. The Bertz CT molecular complexity index is 1360. The first-order valence-electron chi connectivity index (χ1n) is 13.0. The number of H-pyrrole nitrogens is 1. The standard InChI is InChI=1S/C30H35N3O6/c1-29(2,3)39-28(37)30(17-21-19-31-23-13-9-8-12-22(21)23)18-26(35)33(30)15-14-25(34)32-24(27(36)38-4)16-20-10-6-5-7-11-20/h5-13,19,24,31H,14-18H2,1-4H3,(H,32,34)/t24-,30-/m0/s1. The van der Waals surface area contributed by atoms with Gasteiger partial charge in [0.25, 0.3) is 0 Å². The molecule has 4 rings (SSSR count). The van der Waals surface area contributed by atoms with Crippen molar-refractivity contribution < 1.29 is 28.7 Å². The summed E-state index contributed by atoms with van der Waals surface area (Å²) in [6, 6.07) is 16.2. The van der Waals surface area contributed by atoms with Gasteiger partial charge in [-0.1, -0.05) is 48.5 Å². The van der Waals surface area contributed by atoms with E-state index in [2.05, 4.69) is 10.3 Å². The average Bonchev–Trinajstić information content (AvgIpc) is 3.29. The van der Waals surface area contributed by atoms with Gasteiger partial charge < -0.3 is 24.7 Å². The molecule has 1 saturated heterocycles. The number of methoxy groups -OCH3 is 1. The number of nitrogens with one attached hydrogen (secondary N) is 2. The van der Waals surface area contributed by atoms with Crippen LogP contribution in [0.25, 0.3) is 10.9 Å². The number of nitrogens with zero attached hydrogens (tertiary/aromatic N) is 1. The minimum Gasteiger partial charge on any atom is -0.467 e. The number of fused-ring (bicyclic) bond motifs is 1. The molecule has 9 nitrogen and oxygen atoms in total. The summed E-state index contributed by atoms with van der Waals surface area (Å²) in [5.41, 5.74) is 0.690. The predicted octanol–water partition coefficient (Wildman–Crippen LogP) is 3.31. The van der Waals surface area contributed by atoms with Crippen molar-refractivity contribution in [3.05, 3.63) is 71.9 Å². The number of likely N-dealkylation sites (tertiary alicyclic amines) is 1. The van der Waals surface area contributed by atoms with E-state index in [9.17, 15) is 19.2 Å². The van der Waals surface area contributed by atoms with E-state index in [1.165, 1.54) is 12.0 Å². The van der Waals surface area contributed by atoms with Crippen LogP contribution in [0.1, 0.15) is 44.7 Å². The van der Waals surface area contributed by atoms with Gasteiger partial charge in [-0.2, -0.15) is 0 Å². The number of aromatic amines is 1. The third-order valence-corrected chi connectivity index (χ3v) is 6.86. The largest absolute Gasteiger partial charge is 0.467 e. The lowest BCUT2D eigenvalue weighted by molar-refractivity contribution is -0.188. The fourth-order valence-corrected chi connectivity index (χ4v) is 4.97. The highest BCUT2D eigenvalue weighted by Gasteiger charge is 2.58. The second-order valence-corrected chi connectivity index (χ2v) is 10.9.